The molecule has 0 aliphatic rings. The van der Waals surface area contributed by atoms with E-state index in [-0.39, 0.29) is 27.6 Å². The molecular weight excluding hydrogens is 464 g/mol. The molecule has 0 aliphatic heterocycles. The van der Waals surface area contributed by atoms with Crippen molar-refractivity contribution in [3.05, 3.63) is 104 Å². The van der Waals surface area contributed by atoms with Gasteiger partial charge in [0.25, 0.3) is 5.69 Å². The van der Waals surface area contributed by atoms with Crippen LogP contribution in [0.4, 0.5) is 11.4 Å². The Morgan fingerprint density at radius 1 is 1.13 bits per heavy atom. The smallest absolute Gasteiger partial charge is 0.270 e. The van der Waals surface area contributed by atoms with E-state index in [1.807, 2.05) is 61.0 Å². The van der Waals surface area contributed by atoms with Crippen LogP contribution in [0.2, 0.25) is 0 Å². The number of nitro groups is 1. The lowest BCUT2D eigenvalue weighted by atomic mass is 10.1. The van der Waals surface area contributed by atoms with Crippen molar-refractivity contribution in [2.45, 2.75) is 13.5 Å². The van der Waals surface area contributed by atoms with Crippen LogP contribution < -0.4 is 4.80 Å². The molecule has 30 heavy (non-hydrogen) atoms. The number of aryl methyl sites for hydroxylation is 1. The molecule has 2 heterocycles. The van der Waals surface area contributed by atoms with Crippen molar-refractivity contribution < 1.29 is 4.92 Å². The zero-order chi connectivity index (χ0) is 20.2. The fourth-order valence-corrected chi connectivity index (χ4v) is 3.91. The summed E-state index contributed by atoms with van der Waals surface area (Å²) in [7, 11) is 0. The highest BCUT2D eigenvalue weighted by Crippen LogP contribution is 2.25. The summed E-state index contributed by atoms with van der Waals surface area (Å²) in [4.78, 5) is 20.7. The number of pyridine rings is 1. The summed E-state index contributed by atoms with van der Waals surface area (Å²) in [6, 6.07) is 18.6. The Morgan fingerprint density at radius 2 is 1.93 bits per heavy atom. The van der Waals surface area contributed by atoms with Crippen LogP contribution in [0.3, 0.4) is 0 Å². The molecule has 0 amide bonds. The van der Waals surface area contributed by atoms with Crippen molar-refractivity contribution >= 4 is 39.7 Å². The monoisotopic (exact) mass is 482 g/mol. The first-order chi connectivity index (χ1) is 14.1. The van der Waals surface area contributed by atoms with Gasteiger partial charge in [-0.3, -0.25) is 15.1 Å². The van der Waals surface area contributed by atoms with E-state index in [9.17, 15) is 10.1 Å². The second-order valence-electron chi connectivity index (χ2n) is 6.61. The van der Waals surface area contributed by atoms with Crippen LogP contribution in [0.5, 0.6) is 0 Å². The molecule has 4 aromatic rings. The standard InChI is InChI=1S/C22H18N4O2S.BrH/c1-16-7-9-19(10-8-16)24-22-25(14-17-4-3-11-23-13-17)21(15-29-22)18-5-2-6-20(12-18)26(27)28;/h2-13,15H,14H2,1H3;1H. The average molecular weight is 483 g/mol. The van der Waals surface area contributed by atoms with Gasteiger partial charge >= 0.3 is 0 Å². The number of aromatic nitrogens is 2. The van der Waals surface area contributed by atoms with Crippen molar-refractivity contribution in [2.24, 2.45) is 4.99 Å². The molecule has 0 aliphatic carbocycles. The van der Waals surface area contributed by atoms with Gasteiger partial charge in [-0.2, -0.15) is 0 Å². The largest absolute Gasteiger partial charge is 0.312 e. The third kappa shape index (κ3) is 4.90. The van der Waals surface area contributed by atoms with Gasteiger partial charge in [-0.25, -0.2) is 4.99 Å². The zero-order valence-electron chi connectivity index (χ0n) is 16.1. The first-order valence-electron chi connectivity index (χ1n) is 9.03. The van der Waals surface area contributed by atoms with Gasteiger partial charge in [-0.1, -0.05) is 35.9 Å². The Morgan fingerprint density at radius 3 is 2.63 bits per heavy atom. The minimum atomic E-state index is -0.376. The number of thiazole rings is 1. The van der Waals surface area contributed by atoms with Crippen LogP contribution >= 0.6 is 28.3 Å². The summed E-state index contributed by atoms with van der Waals surface area (Å²) in [6.45, 7) is 2.61. The van der Waals surface area contributed by atoms with E-state index in [2.05, 4.69) is 9.55 Å². The SMILES string of the molecule is Br.Cc1ccc(N=c2scc(-c3cccc([N+](=O)[O-])c3)n2Cc2cccnc2)cc1. The molecule has 0 fully saturated rings. The molecule has 6 nitrogen and oxygen atoms in total. The Kier molecular flexibility index (Phi) is 6.91. The van der Waals surface area contributed by atoms with E-state index in [4.69, 9.17) is 4.99 Å². The number of nitrogens with zero attached hydrogens (tertiary/aromatic N) is 4. The summed E-state index contributed by atoms with van der Waals surface area (Å²) in [6.07, 6.45) is 3.55. The molecule has 152 valence electrons. The lowest BCUT2D eigenvalue weighted by molar-refractivity contribution is -0.384. The molecule has 0 saturated carbocycles. The molecular formula is C22H19BrN4O2S. The van der Waals surface area contributed by atoms with Gasteiger partial charge in [-0.05, 0) is 30.7 Å². The molecule has 4 rings (SSSR count). The molecule has 2 aromatic carbocycles. The number of hydrogen-bond acceptors (Lipinski definition) is 5. The van der Waals surface area contributed by atoms with E-state index in [0.29, 0.717) is 6.54 Å². The van der Waals surface area contributed by atoms with E-state index < -0.39 is 0 Å². The fraction of sp³-hybridized carbons (Fsp3) is 0.0909. The van der Waals surface area contributed by atoms with Gasteiger partial charge in [0.05, 0.1) is 22.8 Å². The second-order valence-corrected chi connectivity index (χ2v) is 7.44. The van der Waals surface area contributed by atoms with Gasteiger partial charge in [0.2, 0.25) is 0 Å². The molecule has 0 saturated heterocycles. The van der Waals surface area contributed by atoms with Gasteiger partial charge < -0.3 is 4.57 Å². The van der Waals surface area contributed by atoms with Crippen LogP contribution in [-0.4, -0.2) is 14.5 Å². The third-order valence-corrected chi connectivity index (χ3v) is 5.34. The van der Waals surface area contributed by atoms with Gasteiger partial charge in [-0.15, -0.1) is 28.3 Å². The van der Waals surface area contributed by atoms with E-state index in [1.54, 1.807) is 18.3 Å². The van der Waals surface area contributed by atoms with Crippen molar-refractivity contribution in [2.75, 3.05) is 0 Å². The van der Waals surface area contributed by atoms with Crippen LogP contribution in [0.25, 0.3) is 11.3 Å². The number of rotatable bonds is 5. The van der Waals surface area contributed by atoms with Gasteiger partial charge in [0.1, 0.15) is 0 Å². The quantitative estimate of drug-likeness (QED) is 0.271. The number of hydrogen-bond donors (Lipinski definition) is 0. The minimum Gasteiger partial charge on any atom is -0.312 e. The van der Waals surface area contributed by atoms with E-state index in [0.717, 1.165) is 27.3 Å². The highest BCUT2D eigenvalue weighted by Gasteiger charge is 2.13. The summed E-state index contributed by atoms with van der Waals surface area (Å²) in [5, 5.41) is 13.2. The van der Waals surface area contributed by atoms with Crippen molar-refractivity contribution in [1.82, 2.24) is 9.55 Å². The van der Waals surface area contributed by atoms with Crippen molar-refractivity contribution in [1.29, 1.82) is 0 Å². The predicted molar refractivity (Wildman–Crippen MR) is 124 cm³/mol. The molecule has 0 radical (unpaired) electrons. The minimum absolute atomic E-state index is 0. The van der Waals surface area contributed by atoms with Crippen LogP contribution in [0.15, 0.2) is 83.4 Å². The second kappa shape index (κ2) is 9.60. The van der Waals surface area contributed by atoms with Crippen molar-refractivity contribution in [3.63, 3.8) is 0 Å². The molecule has 0 N–H and O–H groups in total. The maximum atomic E-state index is 11.2. The number of benzene rings is 2. The maximum Gasteiger partial charge on any atom is 0.270 e. The topological polar surface area (TPSA) is 73.3 Å². The third-order valence-electron chi connectivity index (χ3n) is 4.47. The average Bonchev–Trinajstić information content (AvgIpc) is 3.12. The summed E-state index contributed by atoms with van der Waals surface area (Å²) >= 11 is 1.51. The normalized spacial score (nSPS) is 11.2. The van der Waals surface area contributed by atoms with E-state index in [1.165, 1.54) is 23.0 Å². The summed E-state index contributed by atoms with van der Waals surface area (Å²) in [5.74, 6) is 0. The van der Waals surface area contributed by atoms with Crippen molar-refractivity contribution in [3.8, 4) is 11.3 Å². The van der Waals surface area contributed by atoms with E-state index >= 15 is 0 Å². The Hall–Kier alpha value is -3.10. The fourth-order valence-electron chi connectivity index (χ4n) is 2.98. The Balaban J connectivity index is 0.00000256. The first kappa shape index (κ1) is 21.6. The molecule has 2 aromatic heterocycles. The summed E-state index contributed by atoms with van der Waals surface area (Å²) in [5.41, 5.74) is 4.80. The molecule has 8 heteroatoms. The number of nitro benzene ring substituents is 1. The lowest BCUT2D eigenvalue weighted by Crippen LogP contribution is -2.16. The van der Waals surface area contributed by atoms with Crippen LogP contribution in [-0.2, 0) is 6.54 Å². The Bertz CT molecular complexity index is 1220. The highest BCUT2D eigenvalue weighted by atomic mass is 79.9. The lowest BCUT2D eigenvalue weighted by Gasteiger charge is -2.09. The first-order valence-corrected chi connectivity index (χ1v) is 9.91. The van der Waals surface area contributed by atoms with Crippen LogP contribution in [0.1, 0.15) is 11.1 Å². The Labute approximate surface area is 188 Å². The van der Waals surface area contributed by atoms with Gasteiger partial charge in [0, 0.05) is 35.5 Å². The molecule has 0 spiro atoms. The predicted octanol–water partition coefficient (Wildman–Crippen LogP) is 5.69. The zero-order valence-corrected chi connectivity index (χ0v) is 18.7. The summed E-state index contributed by atoms with van der Waals surface area (Å²) < 4.78 is 2.07. The van der Waals surface area contributed by atoms with Crippen LogP contribution in [0, 0.1) is 17.0 Å². The maximum absolute atomic E-state index is 11.2. The highest BCUT2D eigenvalue weighted by molar-refractivity contribution is 8.93. The number of halogens is 1. The molecule has 0 unspecified atom stereocenters. The molecule has 0 bridgehead atoms. The number of non-ortho nitro benzene ring substituents is 1. The molecule has 0 atom stereocenters. The van der Waals surface area contributed by atoms with Gasteiger partial charge in [0.15, 0.2) is 4.80 Å².